The lowest BCUT2D eigenvalue weighted by atomic mass is 9.82. The molecule has 1 aromatic carbocycles. The molecule has 1 atom stereocenters. The second kappa shape index (κ2) is 3.69. The van der Waals surface area contributed by atoms with Gasteiger partial charge in [-0.3, -0.25) is 0 Å². The Balaban J connectivity index is 2.19. The van der Waals surface area contributed by atoms with E-state index < -0.39 is 0 Å². The van der Waals surface area contributed by atoms with Crippen LogP contribution in [0.15, 0.2) is 49.6 Å². The summed E-state index contributed by atoms with van der Waals surface area (Å²) in [5.74, 6) is 0.511. The maximum atomic E-state index is 4.23. The molecule has 0 spiro atoms. The molecule has 1 fully saturated rings. The van der Waals surface area contributed by atoms with Gasteiger partial charge in [0.25, 0.3) is 0 Å². The van der Waals surface area contributed by atoms with Gasteiger partial charge in [0.1, 0.15) is 0 Å². The normalized spacial score (nSPS) is 19.3. The van der Waals surface area contributed by atoms with Crippen molar-refractivity contribution in [1.29, 1.82) is 0 Å². The van der Waals surface area contributed by atoms with Crippen LogP contribution in [-0.2, 0) is 0 Å². The van der Waals surface area contributed by atoms with Gasteiger partial charge in [0.15, 0.2) is 0 Å². The van der Waals surface area contributed by atoms with Crippen molar-refractivity contribution in [3.63, 3.8) is 0 Å². The predicted molar refractivity (Wildman–Crippen MR) is 66.5 cm³/mol. The van der Waals surface area contributed by atoms with Crippen molar-refractivity contribution in [2.24, 2.45) is 11.3 Å². The van der Waals surface area contributed by atoms with Crippen LogP contribution in [0.25, 0.3) is 5.57 Å². The Morgan fingerprint density at radius 2 is 1.93 bits per heavy atom. The maximum Gasteiger partial charge on any atom is -0.00543 e. The van der Waals surface area contributed by atoms with Gasteiger partial charge in [0, 0.05) is 0 Å². The van der Waals surface area contributed by atoms with Crippen LogP contribution in [0.1, 0.15) is 25.3 Å². The summed E-state index contributed by atoms with van der Waals surface area (Å²) in [4.78, 5) is 0. The Bertz CT molecular complexity index is 368. The third-order valence-electron chi connectivity index (χ3n) is 3.76. The Morgan fingerprint density at radius 1 is 1.33 bits per heavy atom. The second-order valence-electron chi connectivity index (χ2n) is 4.55. The van der Waals surface area contributed by atoms with Gasteiger partial charge in [-0.05, 0) is 35.3 Å². The predicted octanol–water partition coefficient (Wildman–Crippen LogP) is 4.30. The Hall–Kier alpha value is -1.30. The summed E-state index contributed by atoms with van der Waals surface area (Å²) in [6.07, 6.45) is 4.65. The van der Waals surface area contributed by atoms with Crippen LogP contribution in [0.4, 0.5) is 0 Å². The molecule has 0 N–H and O–H groups in total. The zero-order valence-electron chi connectivity index (χ0n) is 9.37. The number of rotatable bonds is 4. The number of benzene rings is 1. The first-order chi connectivity index (χ1) is 7.19. The van der Waals surface area contributed by atoms with E-state index >= 15 is 0 Å². The lowest BCUT2D eigenvalue weighted by Crippen LogP contribution is -2.11. The van der Waals surface area contributed by atoms with E-state index in [9.17, 15) is 0 Å². The molecule has 1 saturated carbocycles. The van der Waals surface area contributed by atoms with Gasteiger partial charge < -0.3 is 0 Å². The second-order valence-corrected chi connectivity index (χ2v) is 4.55. The Labute approximate surface area is 92.3 Å². The standard InChI is InChI=1S/C15H18/c1-4-15(10-11-15)13(3)12(2)14-8-6-5-7-9-14/h4-9,13H,1-2,10-11H2,3H3. The van der Waals surface area contributed by atoms with Gasteiger partial charge in [-0.1, -0.05) is 49.9 Å². The fourth-order valence-electron chi connectivity index (χ4n) is 2.21. The van der Waals surface area contributed by atoms with Crippen LogP contribution in [0, 0.1) is 11.3 Å². The third-order valence-corrected chi connectivity index (χ3v) is 3.76. The molecule has 0 saturated heterocycles. The fraction of sp³-hybridized carbons (Fsp3) is 0.333. The van der Waals surface area contributed by atoms with Crippen molar-refractivity contribution in [2.75, 3.05) is 0 Å². The molecular weight excluding hydrogens is 180 g/mol. The molecule has 1 unspecified atom stereocenters. The molecule has 0 aliphatic heterocycles. The topological polar surface area (TPSA) is 0 Å². The van der Waals surface area contributed by atoms with Crippen LogP contribution < -0.4 is 0 Å². The van der Waals surface area contributed by atoms with Gasteiger partial charge in [0.2, 0.25) is 0 Å². The van der Waals surface area contributed by atoms with Crippen molar-refractivity contribution in [1.82, 2.24) is 0 Å². The van der Waals surface area contributed by atoms with E-state index in [1.165, 1.54) is 24.0 Å². The molecule has 15 heavy (non-hydrogen) atoms. The largest absolute Gasteiger partial charge is 0.103 e. The first-order valence-electron chi connectivity index (χ1n) is 5.57. The fourth-order valence-corrected chi connectivity index (χ4v) is 2.21. The number of hydrogen-bond donors (Lipinski definition) is 0. The van der Waals surface area contributed by atoms with E-state index in [-0.39, 0.29) is 0 Å². The Kier molecular flexibility index (Phi) is 2.52. The minimum absolute atomic E-state index is 0.340. The molecule has 0 bridgehead atoms. The molecule has 1 aliphatic rings. The van der Waals surface area contributed by atoms with Crippen molar-refractivity contribution in [3.05, 3.63) is 55.1 Å². The first kappa shape index (κ1) is 10.2. The highest BCUT2D eigenvalue weighted by atomic mass is 14.5. The average molecular weight is 198 g/mol. The number of hydrogen-bond acceptors (Lipinski definition) is 0. The SMILES string of the molecule is C=CC1(C(C)C(=C)c2ccccc2)CC1. The molecule has 78 valence electrons. The smallest absolute Gasteiger partial charge is 0.00543 e. The molecule has 0 aromatic heterocycles. The van der Waals surface area contributed by atoms with Crippen LogP contribution in [0.2, 0.25) is 0 Å². The summed E-state index contributed by atoms with van der Waals surface area (Å²) in [5.41, 5.74) is 2.85. The summed E-state index contributed by atoms with van der Waals surface area (Å²) in [7, 11) is 0. The van der Waals surface area contributed by atoms with E-state index in [0.717, 1.165) is 0 Å². The van der Waals surface area contributed by atoms with Crippen LogP contribution in [0.3, 0.4) is 0 Å². The van der Waals surface area contributed by atoms with E-state index in [2.05, 4.69) is 50.4 Å². The highest BCUT2D eigenvalue weighted by Crippen LogP contribution is 2.56. The monoisotopic (exact) mass is 198 g/mol. The molecule has 0 radical (unpaired) electrons. The lowest BCUT2D eigenvalue weighted by molar-refractivity contribution is 0.512. The van der Waals surface area contributed by atoms with Crippen molar-refractivity contribution < 1.29 is 0 Å². The molecule has 0 amide bonds. The molecular formula is C15H18. The zero-order valence-corrected chi connectivity index (χ0v) is 9.37. The summed E-state index contributed by atoms with van der Waals surface area (Å²) in [6, 6.07) is 10.5. The Morgan fingerprint density at radius 3 is 2.40 bits per heavy atom. The van der Waals surface area contributed by atoms with E-state index in [4.69, 9.17) is 0 Å². The molecule has 0 nitrogen and oxygen atoms in total. The number of allylic oxidation sites excluding steroid dienone is 2. The van der Waals surface area contributed by atoms with Gasteiger partial charge in [-0.25, -0.2) is 0 Å². The highest BCUT2D eigenvalue weighted by molar-refractivity contribution is 5.66. The summed E-state index contributed by atoms with van der Waals surface area (Å²) in [6.45, 7) is 10.5. The summed E-state index contributed by atoms with van der Waals surface area (Å²) >= 11 is 0. The van der Waals surface area contributed by atoms with Crippen molar-refractivity contribution in [3.8, 4) is 0 Å². The van der Waals surface area contributed by atoms with E-state index in [1.807, 2.05) is 6.07 Å². The molecule has 1 aliphatic carbocycles. The quantitative estimate of drug-likeness (QED) is 0.633. The third kappa shape index (κ3) is 1.77. The summed E-state index contributed by atoms with van der Waals surface area (Å²) in [5, 5.41) is 0. The van der Waals surface area contributed by atoms with Gasteiger partial charge in [-0.2, -0.15) is 0 Å². The minimum atomic E-state index is 0.340. The van der Waals surface area contributed by atoms with Crippen LogP contribution in [-0.4, -0.2) is 0 Å². The molecule has 0 heterocycles. The highest BCUT2D eigenvalue weighted by Gasteiger charge is 2.45. The van der Waals surface area contributed by atoms with Crippen LogP contribution in [0.5, 0.6) is 0 Å². The van der Waals surface area contributed by atoms with Gasteiger partial charge in [0.05, 0.1) is 0 Å². The average Bonchev–Trinajstić information content (AvgIpc) is 3.09. The lowest BCUT2D eigenvalue weighted by Gasteiger charge is -2.22. The molecule has 2 rings (SSSR count). The van der Waals surface area contributed by atoms with E-state index in [0.29, 0.717) is 11.3 Å². The van der Waals surface area contributed by atoms with Crippen LogP contribution >= 0.6 is 0 Å². The first-order valence-corrected chi connectivity index (χ1v) is 5.57. The zero-order chi connectivity index (χ0) is 10.9. The maximum absolute atomic E-state index is 4.23. The van der Waals surface area contributed by atoms with Crippen molar-refractivity contribution >= 4 is 5.57 Å². The molecule has 0 heteroatoms. The molecule has 1 aromatic rings. The van der Waals surface area contributed by atoms with Gasteiger partial charge in [-0.15, -0.1) is 6.58 Å². The summed E-state index contributed by atoms with van der Waals surface area (Å²) < 4.78 is 0. The van der Waals surface area contributed by atoms with E-state index in [1.54, 1.807) is 0 Å². The van der Waals surface area contributed by atoms with Gasteiger partial charge >= 0.3 is 0 Å². The minimum Gasteiger partial charge on any atom is -0.103 e. The van der Waals surface area contributed by atoms with Crippen molar-refractivity contribution in [2.45, 2.75) is 19.8 Å².